The minimum atomic E-state index is 0.0533. The number of carbonyl (C=O) groups excluding carboxylic acids is 1. The number of thioether (sulfide) groups is 1. The SMILES string of the molecule is CCSc1nc(CC(=O)NCCc2sccc2C)cs1. The van der Waals surface area contributed by atoms with Crippen LogP contribution in [-0.2, 0) is 17.6 Å². The molecule has 1 amide bonds. The van der Waals surface area contributed by atoms with Crippen LogP contribution < -0.4 is 5.32 Å². The fraction of sp³-hybridized carbons (Fsp3) is 0.429. The Bertz CT molecular complexity index is 562. The first-order valence-corrected chi connectivity index (χ1v) is 9.30. The van der Waals surface area contributed by atoms with Crippen LogP contribution in [0.3, 0.4) is 0 Å². The highest BCUT2D eigenvalue weighted by molar-refractivity contribution is 8.00. The number of nitrogens with one attached hydrogen (secondary N) is 1. The van der Waals surface area contributed by atoms with E-state index in [2.05, 4.69) is 35.6 Å². The van der Waals surface area contributed by atoms with Crippen LogP contribution in [0, 0.1) is 6.92 Å². The van der Waals surface area contributed by atoms with Crippen molar-refractivity contribution in [2.75, 3.05) is 12.3 Å². The fourth-order valence-electron chi connectivity index (χ4n) is 1.76. The van der Waals surface area contributed by atoms with Crippen molar-refractivity contribution in [1.29, 1.82) is 0 Å². The lowest BCUT2D eigenvalue weighted by atomic mass is 10.2. The third-order valence-corrected chi connectivity index (χ3v) is 5.82. The third kappa shape index (κ3) is 4.61. The average molecular weight is 327 g/mol. The van der Waals surface area contributed by atoms with Crippen LogP contribution in [0.1, 0.15) is 23.1 Å². The van der Waals surface area contributed by atoms with Gasteiger partial charge in [-0.25, -0.2) is 4.98 Å². The van der Waals surface area contributed by atoms with Gasteiger partial charge in [0.05, 0.1) is 12.1 Å². The molecule has 2 rings (SSSR count). The Hall–Kier alpha value is -0.850. The summed E-state index contributed by atoms with van der Waals surface area (Å²) in [5.74, 6) is 1.07. The summed E-state index contributed by atoms with van der Waals surface area (Å²) in [4.78, 5) is 17.6. The van der Waals surface area contributed by atoms with Gasteiger partial charge in [-0.2, -0.15) is 0 Å². The van der Waals surface area contributed by atoms with E-state index >= 15 is 0 Å². The van der Waals surface area contributed by atoms with Gasteiger partial charge in [0.1, 0.15) is 4.34 Å². The molecule has 0 fully saturated rings. The van der Waals surface area contributed by atoms with E-state index in [1.54, 1.807) is 34.4 Å². The van der Waals surface area contributed by atoms with E-state index in [0.717, 1.165) is 22.2 Å². The van der Waals surface area contributed by atoms with Crippen LogP contribution in [0.4, 0.5) is 0 Å². The Kier molecular flexibility index (Phi) is 6.06. The number of hydrogen-bond donors (Lipinski definition) is 1. The predicted octanol–water partition coefficient (Wildman–Crippen LogP) is 3.53. The van der Waals surface area contributed by atoms with Crippen molar-refractivity contribution in [2.45, 2.75) is 31.0 Å². The largest absolute Gasteiger partial charge is 0.355 e. The lowest BCUT2D eigenvalue weighted by Crippen LogP contribution is -2.27. The number of hydrogen-bond acceptors (Lipinski definition) is 5. The molecule has 0 unspecified atom stereocenters. The molecule has 2 aromatic heterocycles. The zero-order valence-corrected chi connectivity index (χ0v) is 14.1. The highest BCUT2D eigenvalue weighted by Gasteiger charge is 2.08. The highest BCUT2D eigenvalue weighted by atomic mass is 32.2. The summed E-state index contributed by atoms with van der Waals surface area (Å²) >= 11 is 5.08. The summed E-state index contributed by atoms with van der Waals surface area (Å²) in [6, 6.07) is 2.12. The number of aromatic nitrogens is 1. The van der Waals surface area contributed by atoms with E-state index in [1.807, 2.05) is 5.38 Å². The van der Waals surface area contributed by atoms with E-state index in [9.17, 15) is 4.79 Å². The van der Waals surface area contributed by atoms with Gasteiger partial charge in [-0.15, -0.1) is 22.7 Å². The van der Waals surface area contributed by atoms with Crippen molar-refractivity contribution < 1.29 is 4.79 Å². The lowest BCUT2D eigenvalue weighted by Gasteiger charge is -2.03. The second-order valence-electron chi connectivity index (χ2n) is 4.34. The Balaban J connectivity index is 1.73. The molecule has 0 spiro atoms. The Labute approximate surface area is 131 Å². The fourth-order valence-corrected chi connectivity index (χ4v) is 4.41. The number of aryl methyl sites for hydroxylation is 1. The molecule has 0 bridgehead atoms. The van der Waals surface area contributed by atoms with Gasteiger partial charge in [0.25, 0.3) is 0 Å². The molecule has 108 valence electrons. The maximum absolute atomic E-state index is 11.8. The third-order valence-electron chi connectivity index (χ3n) is 2.78. The molecular weight excluding hydrogens is 308 g/mol. The number of amides is 1. The van der Waals surface area contributed by atoms with Gasteiger partial charge >= 0.3 is 0 Å². The summed E-state index contributed by atoms with van der Waals surface area (Å²) in [5.41, 5.74) is 2.18. The second kappa shape index (κ2) is 7.81. The van der Waals surface area contributed by atoms with Crippen molar-refractivity contribution >= 4 is 40.3 Å². The normalized spacial score (nSPS) is 10.7. The van der Waals surface area contributed by atoms with Gasteiger partial charge in [-0.05, 0) is 36.1 Å². The predicted molar refractivity (Wildman–Crippen MR) is 88.0 cm³/mol. The van der Waals surface area contributed by atoms with E-state index in [-0.39, 0.29) is 5.91 Å². The average Bonchev–Trinajstić information content (AvgIpc) is 3.00. The van der Waals surface area contributed by atoms with E-state index in [0.29, 0.717) is 13.0 Å². The highest BCUT2D eigenvalue weighted by Crippen LogP contribution is 2.22. The van der Waals surface area contributed by atoms with Gasteiger partial charge in [-0.1, -0.05) is 18.7 Å². The number of rotatable bonds is 7. The Morgan fingerprint density at radius 3 is 3.00 bits per heavy atom. The molecule has 0 saturated carbocycles. The molecule has 3 nitrogen and oxygen atoms in total. The standard InChI is InChI=1S/C14H18N2OS3/c1-3-18-14-16-11(9-20-14)8-13(17)15-6-4-12-10(2)5-7-19-12/h5,7,9H,3-4,6,8H2,1-2H3,(H,15,17). The smallest absolute Gasteiger partial charge is 0.226 e. The van der Waals surface area contributed by atoms with Crippen molar-refractivity contribution in [1.82, 2.24) is 10.3 Å². The van der Waals surface area contributed by atoms with E-state index in [4.69, 9.17) is 0 Å². The first kappa shape index (κ1) is 15.5. The lowest BCUT2D eigenvalue weighted by molar-refractivity contribution is -0.120. The zero-order valence-electron chi connectivity index (χ0n) is 11.6. The van der Waals surface area contributed by atoms with Gasteiger partial charge in [0.2, 0.25) is 5.91 Å². The van der Waals surface area contributed by atoms with Gasteiger partial charge in [0, 0.05) is 16.8 Å². The topological polar surface area (TPSA) is 42.0 Å². The molecule has 20 heavy (non-hydrogen) atoms. The molecule has 0 aromatic carbocycles. The minimum absolute atomic E-state index is 0.0533. The number of carbonyl (C=O) groups is 1. The van der Waals surface area contributed by atoms with E-state index in [1.165, 1.54) is 10.4 Å². The molecule has 1 N–H and O–H groups in total. The zero-order chi connectivity index (χ0) is 14.4. The van der Waals surface area contributed by atoms with Crippen LogP contribution >= 0.6 is 34.4 Å². The molecular formula is C14H18N2OS3. The quantitative estimate of drug-likeness (QED) is 0.792. The first-order valence-electron chi connectivity index (χ1n) is 6.56. The van der Waals surface area contributed by atoms with Crippen LogP contribution in [-0.4, -0.2) is 23.2 Å². The van der Waals surface area contributed by atoms with Gasteiger partial charge in [-0.3, -0.25) is 4.79 Å². The van der Waals surface area contributed by atoms with Crippen molar-refractivity contribution in [3.05, 3.63) is 33.0 Å². The minimum Gasteiger partial charge on any atom is -0.355 e. The maximum atomic E-state index is 11.8. The Morgan fingerprint density at radius 1 is 1.45 bits per heavy atom. The van der Waals surface area contributed by atoms with Crippen molar-refractivity contribution in [3.63, 3.8) is 0 Å². The van der Waals surface area contributed by atoms with Crippen LogP contribution in [0.25, 0.3) is 0 Å². The molecule has 2 aromatic rings. The van der Waals surface area contributed by atoms with Crippen LogP contribution in [0.15, 0.2) is 21.2 Å². The van der Waals surface area contributed by atoms with Crippen LogP contribution in [0.2, 0.25) is 0 Å². The second-order valence-corrected chi connectivity index (χ2v) is 7.71. The monoisotopic (exact) mass is 326 g/mol. The molecule has 0 aliphatic heterocycles. The van der Waals surface area contributed by atoms with E-state index < -0.39 is 0 Å². The summed E-state index contributed by atoms with van der Waals surface area (Å²) in [7, 11) is 0. The molecule has 0 radical (unpaired) electrons. The number of thiophene rings is 1. The molecule has 0 saturated heterocycles. The Morgan fingerprint density at radius 2 is 2.30 bits per heavy atom. The molecule has 0 aliphatic rings. The summed E-state index contributed by atoms with van der Waals surface area (Å²) < 4.78 is 1.05. The first-order chi connectivity index (χ1) is 9.69. The maximum Gasteiger partial charge on any atom is 0.226 e. The van der Waals surface area contributed by atoms with Crippen LogP contribution in [0.5, 0.6) is 0 Å². The van der Waals surface area contributed by atoms with Crippen molar-refractivity contribution in [3.8, 4) is 0 Å². The number of nitrogens with zero attached hydrogens (tertiary/aromatic N) is 1. The number of thiazole rings is 1. The molecule has 0 atom stereocenters. The van der Waals surface area contributed by atoms with Gasteiger partial charge in [0.15, 0.2) is 0 Å². The summed E-state index contributed by atoms with van der Waals surface area (Å²) in [6.45, 7) is 4.90. The van der Waals surface area contributed by atoms with Gasteiger partial charge < -0.3 is 5.32 Å². The molecule has 6 heteroatoms. The molecule has 2 heterocycles. The molecule has 0 aliphatic carbocycles. The summed E-state index contributed by atoms with van der Waals surface area (Å²) in [5, 5.41) is 7.03. The summed E-state index contributed by atoms with van der Waals surface area (Å²) in [6.07, 6.45) is 1.29. The van der Waals surface area contributed by atoms with Crippen molar-refractivity contribution in [2.24, 2.45) is 0 Å².